The van der Waals surface area contributed by atoms with Gasteiger partial charge in [0, 0.05) is 12.1 Å². The summed E-state index contributed by atoms with van der Waals surface area (Å²) < 4.78 is 6.00. The maximum absolute atomic E-state index is 11.1. The highest BCUT2D eigenvalue weighted by atomic mass is 16.5. The highest BCUT2D eigenvalue weighted by Crippen LogP contribution is 1.92. The van der Waals surface area contributed by atoms with Gasteiger partial charge in [-0.2, -0.15) is 0 Å². The van der Waals surface area contributed by atoms with E-state index in [0.717, 1.165) is 0 Å². The van der Waals surface area contributed by atoms with Gasteiger partial charge in [-0.15, -0.1) is 0 Å². The Kier molecular flexibility index (Phi) is 2.63. The van der Waals surface area contributed by atoms with Crippen molar-refractivity contribution in [3.63, 3.8) is 0 Å². The van der Waals surface area contributed by atoms with Crippen molar-refractivity contribution < 1.29 is 14.2 Å². The van der Waals surface area contributed by atoms with Gasteiger partial charge in [0.1, 0.15) is 0 Å². The standard InChI is InChI=1S/C8H10N2O2/c1-2-12-8(11)7-5-3-4-6-10(7)9/h3-6H,2H2,1H3,(H-,9,11)/p+1. The van der Waals surface area contributed by atoms with Gasteiger partial charge in [0.15, 0.2) is 6.20 Å². The van der Waals surface area contributed by atoms with Crippen molar-refractivity contribution in [2.75, 3.05) is 12.4 Å². The van der Waals surface area contributed by atoms with Crippen LogP contribution in [0.2, 0.25) is 0 Å². The van der Waals surface area contributed by atoms with Gasteiger partial charge in [0.25, 0.3) is 0 Å². The van der Waals surface area contributed by atoms with Crippen LogP contribution in [0.1, 0.15) is 17.4 Å². The van der Waals surface area contributed by atoms with Gasteiger partial charge in [-0.05, 0) is 13.0 Å². The number of nitrogens with zero attached hydrogens (tertiary/aromatic N) is 1. The fourth-order valence-corrected chi connectivity index (χ4v) is 0.834. The van der Waals surface area contributed by atoms with Crippen molar-refractivity contribution in [3.8, 4) is 0 Å². The first-order chi connectivity index (χ1) is 5.75. The lowest BCUT2D eigenvalue weighted by atomic mass is 10.3. The van der Waals surface area contributed by atoms with E-state index in [1.54, 1.807) is 31.3 Å². The highest BCUT2D eigenvalue weighted by molar-refractivity contribution is 5.85. The maximum atomic E-state index is 11.1. The van der Waals surface area contributed by atoms with Gasteiger partial charge in [0.05, 0.1) is 6.61 Å². The van der Waals surface area contributed by atoms with E-state index >= 15 is 0 Å². The molecule has 1 aromatic heterocycles. The molecular weight excluding hydrogens is 156 g/mol. The second-order valence-electron chi connectivity index (χ2n) is 2.21. The number of esters is 1. The SMILES string of the molecule is CCOC(=O)c1cccc[n+]1N. The number of hydrogen-bond acceptors (Lipinski definition) is 3. The zero-order valence-corrected chi connectivity index (χ0v) is 6.86. The topological polar surface area (TPSA) is 56.2 Å². The molecule has 0 unspecified atom stereocenters. The molecule has 64 valence electrons. The van der Waals surface area contributed by atoms with E-state index in [1.807, 2.05) is 0 Å². The number of carbonyl (C=O) groups is 1. The van der Waals surface area contributed by atoms with E-state index in [2.05, 4.69) is 0 Å². The van der Waals surface area contributed by atoms with Crippen LogP contribution in [0.3, 0.4) is 0 Å². The largest absolute Gasteiger partial charge is 0.458 e. The van der Waals surface area contributed by atoms with Gasteiger partial charge >= 0.3 is 11.7 Å². The third-order valence-corrected chi connectivity index (χ3v) is 1.37. The molecule has 12 heavy (non-hydrogen) atoms. The van der Waals surface area contributed by atoms with Crippen LogP contribution < -0.4 is 10.5 Å². The van der Waals surface area contributed by atoms with Gasteiger partial charge in [-0.25, -0.2) is 10.6 Å². The molecule has 0 fully saturated rings. The quantitative estimate of drug-likeness (QED) is 0.379. The molecule has 2 N–H and O–H groups in total. The average molecular weight is 167 g/mol. The molecule has 0 radical (unpaired) electrons. The van der Waals surface area contributed by atoms with Crippen LogP contribution in [-0.4, -0.2) is 12.6 Å². The number of hydrogen-bond donors (Lipinski definition) is 1. The molecule has 1 aromatic rings. The second kappa shape index (κ2) is 3.71. The molecule has 1 rings (SSSR count). The summed E-state index contributed by atoms with van der Waals surface area (Å²) in [6, 6.07) is 5.08. The Hall–Kier alpha value is -1.58. The van der Waals surface area contributed by atoms with E-state index in [1.165, 1.54) is 4.68 Å². The minimum atomic E-state index is -0.402. The van der Waals surface area contributed by atoms with E-state index in [0.29, 0.717) is 12.3 Å². The smallest absolute Gasteiger partial charge is 0.406 e. The number of carbonyl (C=O) groups excluding carboxylic acids is 1. The number of ether oxygens (including phenoxy) is 1. The third kappa shape index (κ3) is 1.72. The first kappa shape index (κ1) is 8.52. The molecule has 0 aliphatic rings. The van der Waals surface area contributed by atoms with Gasteiger partial charge in [0.2, 0.25) is 0 Å². The summed E-state index contributed by atoms with van der Waals surface area (Å²) in [6.07, 6.45) is 1.59. The normalized spacial score (nSPS) is 9.42. The zero-order chi connectivity index (χ0) is 8.97. The fraction of sp³-hybridized carbons (Fsp3) is 0.250. The molecule has 0 saturated carbocycles. The van der Waals surface area contributed by atoms with Crippen LogP contribution in [-0.2, 0) is 4.74 Å². The Labute approximate surface area is 70.5 Å². The Morgan fingerprint density at radius 2 is 2.42 bits per heavy atom. The summed E-state index contributed by atoms with van der Waals surface area (Å²) in [4.78, 5) is 11.1. The van der Waals surface area contributed by atoms with Crippen molar-refractivity contribution in [2.24, 2.45) is 0 Å². The Morgan fingerprint density at radius 1 is 1.67 bits per heavy atom. The summed E-state index contributed by atoms with van der Waals surface area (Å²) in [5.41, 5.74) is 0.347. The van der Waals surface area contributed by atoms with Crippen LogP contribution in [0.5, 0.6) is 0 Å². The molecule has 0 saturated heterocycles. The molecule has 4 heteroatoms. The number of pyridine rings is 1. The molecular formula is C8H11N2O2+. The Bertz CT molecular complexity index is 286. The monoisotopic (exact) mass is 167 g/mol. The summed E-state index contributed by atoms with van der Waals surface area (Å²) in [5, 5.41) is 0. The summed E-state index contributed by atoms with van der Waals surface area (Å²) in [6.45, 7) is 2.11. The Balaban J connectivity index is 2.87. The van der Waals surface area contributed by atoms with Gasteiger partial charge in [-0.1, -0.05) is 4.68 Å². The Morgan fingerprint density at radius 3 is 3.00 bits per heavy atom. The van der Waals surface area contributed by atoms with E-state index < -0.39 is 5.97 Å². The lowest BCUT2D eigenvalue weighted by molar-refractivity contribution is -0.641. The molecule has 4 nitrogen and oxygen atoms in total. The number of aromatic nitrogens is 1. The van der Waals surface area contributed by atoms with Crippen LogP contribution >= 0.6 is 0 Å². The summed E-state index contributed by atoms with van der Waals surface area (Å²) in [7, 11) is 0. The van der Waals surface area contributed by atoms with Crippen molar-refractivity contribution in [2.45, 2.75) is 6.92 Å². The predicted molar refractivity (Wildman–Crippen MR) is 42.7 cm³/mol. The van der Waals surface area contributed by atoms with E-state index in [-0.39, 0.29) is 0 Å². The van der Waals surface area contributed by atoms with Crippen molar-refractivity contribution in [1.29, 1.82) is 0 Å². The van der Waals surface area contributed by atoms with Crippen molar-refractivity contribution in [1.82, 2.24) is 0 Å². The van der Waals surface area contributed by atoms with E-state index in [9.17, 15) is 4.79 Å². The van der Waals surface area contributed by atoms with Crippen molar-refractivity contribution >= 4 is 5.97 Å². The lowest BCUT2D eigenvalue weighted by Crippen LogP contribution is -2.49. The molecule has 1 heterocycles. The predicted octanol–water partition coefficient (Wildman–Crippen LogP) is -0.135. The van der Waals surface area contributed by atoms with Crippen LogP contribution in [0.15, 0.2) is 24.4 Å². The summed E-state index contributed by atoms with van der Waals surface area (Å²) in [5.74, 6) is 5.07. The summed E-state index contributed by atoms with van der Waals surface area (Å²) >= 11 is 0. The molecule has 0 aliphatic heterocycles. The minimum Gasteiger partial charge on any atom is -0.458 e. The number of nitrogens with two attached hydrogens (primary N) is 1. The molecule has 0 bridgehead atoms. The van der Waals surface area contributed by atoms with Crippen LogP contribution in [0, 0.1) is 0 Å². The fourth-order valence-electron chi connectivity index (χ4n) is 0.834. The van der Waals surface area contributed by atoms with Crippen LogP contribution in [0.4, 0.5) is 0 Å². The molecule has 0 spiro atoms. The zero-order valence-electron chi connectivity index (χ0n) is 6.86. The average Bonchev–Trinajstić information content (AvgIpc) is 2.05. The molecule has 0 aliphatic carbocycles. The van der Waals surface area contributed by atoms with Crippen LogP contribution in [0.25, 0.3) is 0 Å². The van der Waals surface area contributed by atoms with Crippen molar-refractivity contribution in [3.05, 3.63) is 30.1 Å². The number of nitrogen functional groups attached to an aromatic ring is 1. The third-order valence-electron chi connectivity index (χ3n) is 1.37. The maximum Gasteiger partial charge on any atom is 0.406 e. The first-order valence-corrected chi connectivity index (χ1v) is 3.68. The lowest BCUT2D eigenvalue weighted by Gasteiger charge is -1.97. The van der Waals surface area contributed by atoms with Gasteiger partial charge in [-0.3, -0.25) is 0 Å². The molecule has 0 aromatic carbocycles. The second-order valence-corrected chi connectivity index (χ2v) is 2.21. The van der Waals surface area contributed by atoms with E-state index in [4.69, 9.17) is 10.6 Å². The molecule has 0 amide bonds. The number of rotatable bonds is 2. The first-order valence-electron chi connectivity index (χ1n) is 3.68. The molecule has 0 atom stereocenters. The minimum absolute atomic E-state index is 0.347. The van der Waals surface area contributed by atoms with Gasteiger partial charge < -0.3 is 4.74 Å². The highest BCUT2D eigenvalue weighted by Gasteiger charge is 2.17.